The number of para-hydroxylation sites is 3. The Morgan fingerprint density at radius 3 is 1.59 bits per heavy atom. The summed E-state index contributed by atoms with van der Waals surface area (Å²) in [6.45, 7) is 43.5. The Kier molecular flexibility index (Phi) is 15.4. The molecule has 0 amide bonds. The Hall–Kier alpha value is -8.18. The van der Waals surface area contributed by atoms with Gasteiger partial charge in [-0.2, -0.15) is 6.07 Å². The van der Waals surface area contributed by atoms with Crippen LogP contribution in [-0.4, -0.2) is 9.55 Å². The first kappa shape index (κ1) is 62.0. The molecule has 0 fully saturated rings. The van der Waals surface area contributed by atoms with E-state index >= 15 is 0 Å². The van der Waals surface area contributed by atoms with Crippen LogP contribution in [-0.2, 0) is 48.1 Å². The van der Waals surface area contributed by atoms with Crippen LogP contribution in [0.4, 0.5) is 22.7 Å². The third kappa shape index (κ3) is 10.8. The summed E-state index contributed by atoms with van der Waals surface area (Å²) in [4.78, 5) is 9.84. The fourth-order valence-electron chi connectivity index (χ4n) is 13.4. The number of nitrogens with zero attached hydrogens (tertiary/aromatic N) is 4. The Balaban J connectivity index is 0.00000785. The smallest absolute Gasteiger partial charge is 0.135 e. The van der Waals surface area contributed by atoms with Gasteiger partial charge in [0.15, 0.2) is 0 Å². The van der Waals surface area contributed by atoms with Gasteiger partial charge in [-0.3, -0.25) is 0 Å². The molecule has 90 heavy (non-hydrogen) atoms. The van der Waals surface area contributed by atoms with E-state index in [0.29, 0.717) is 11.5 Å². The van der Waals surface area contributed by atoms with Gasteiger partial charge in [-0.15, -0.1) is 48.3 Å². The molecule has 0 bridgehead atoms. The number of hydrogen-bond donors (Lipinski definition) is 0. The van der Waals surface area contributed by atoms with E-state index in [4.69, 9.17) is 14.1 Å². The van der Waals surface area contributed by atoms with Gasteiger partial charge < -0.3 is 23.5 Å². The second kappa shape index (κ2) is 22.3. The molecule has 0 saturated heterocycles. The summed E-state index contributed by atoms with van der Waals surface area (Å²) in [5.41, 5.74) is 24.2. The zero-order valence-corrected chi connectivity index (χ0v) is 57.9. The monoisotopic (exact) mass is 1360 g/mol. The zero-order valence-electron chi connectivity index (χ0n) is 55.7. The topological polar surface area (TPSA) is 46.7 Å². The Bertz CT molecular complexity index is 4660. The maximum atomic E-state index is 7.34. The van der Waals surface area contributed by atoms with Crippen molar-refractivity contribution in [2.75, 3.05) is 9.80 Å². The van der Waals surface area contributed by atoms with Crippen molar-refractivity contribution in [3.05, 3.63) is 233 Å². The van der Waals surface area contributed by atoms with Gasteiger partial charge in [-0.05, 0) is 157 Å². The first-order chi connectivity index (χ1) is 42.0. The Morgan fingerprint density at radius 2 is 1.01 bits per heavy atom. The van der Waals surface area contributed by atoms with Crippen LogP contribution in [0.3, 0.4) is 0 Å². The van der Waals surface area contributed by atoms with Gasteiger partial charge in [-0.1, -0.05) is 212 Å². The number of fused-ring (bicyclic) bond motifs is 8. The van der Waals surface area contributed by atoms with Crippen LogP contribution in [0, 0.1) is 39.6 Å². The third-order valence-electron chi connectivity index (χ3n) is 18.6. The number of benzene rings is 9. The minimum atomic E-state index is -0.194. The predicted octanol–water partition coefficient (Wildman–Crippen LogP) is 23.3. The molecule has 1 aliphatic rings. The summed E-state index contributed by atoms with van der Waals surface area (Å²) in [7, 11) is 0. The summed E-state index contributed by atoms with van der Waals surface area (Å²) in [6.07, 6.45) is 1.92. The maximum absolute atomic E-state index is 7.34. The molecular formula is C83H83N4O2Pt-3. The average Bonchev–Trinajstić information content (AvgIpc) is 1.50. The second-order valence-corrected chi connectivity index (χ2v) is 29.9. The standard InChI is InChI=1S/C83H83N4O2.Pt/c1-50-51(2)73(53-30-34-56(35-31-53)79(4,5)6)77(74(52(50)3)54-32-36-57(37-33-54)80(7,8)9)86-49-85(67-27-20-21-28-68(67)86)59-44-55(75-65(82(13,14)15)25-23-26-66(75)83(16,17)18)45-61(47-59)88-60-38-39-64-70(48-60)87(72-46-58(42-43-84-72)81(10,11)12)69-41-40-63-62-24-19-22-29-71(62)89-78(63)76(64)69;/h19-46,49H,1-18H3;/q-3;. The number of hydrogen-bond acceptors (Lipinski definition) is 5. The van der Waals surface area contributed by atoms with E-state index in [1.165, 1.54) is 72.3 Å². The molecule has 0 N–H and O–H groups in total. The van der Waals surface area contributed by atoms with Crippen LogP contribution < -0.4 is 14.5 Å². The fourth-order valence-corrected chi connectivity index (χ4v) is 13.4. The molecule has 0 atom stereocenters. The van der Waals surface area contributed by atoms with Gasteiger partial charge in [0.2, 0.25) is 0 Å². The van der Waals surface area contributed by atoms with E-state index in [2.05, 4.69) is 303 Å². The molecule has 6 nitrogen and oxygen atoms in total. The number of pyridine rings is 1. The number of aromatic nitrogens is 2. The van der Waals surface area contributed by atoms with Crippen LogP contribution in [0.15, 0.2) is 174 Å². The fraction of sp³-hybridized carbons (Fsp3) is 0.277. The molecular weight excluding hydrogens is 1280 g/mol. The molecule has 7 heteroatoms. The minimum Gasteiger partial charge on any atom is -0.509 e. The van der Waals surface area contributed by atoms with Crippen molar-refractivity contribution in [2.24, 2.45) is 0 Å². The molecule has 0 radical (unpaired) electrons. The quantitative estimate of drug-likeness (QED) is 0.142. The van der Waals surface area contributed by atoms with Crippen LogP contribution in [0.2, 0.25) is 0 Å². The zero-order chi connectivity index (χ0) is 63.0. The van der Waals surface area contributed by atoms with Gasteiger partial charge in [0.05, 0.1) is 0 Å². The summed E-state index contributed by atoms with van der Waals surface area (Å²) in [5.74, 6) is 1.92. The summed E-state index contributed by atoms with van der Waals surface area (Å²) in [5, 5.41) is 4.15. The molecule has 9 aromatic carbocycles. The summed E-state index contributed by atoms with van der Waals surface area (Å²) < 4.78 is 16.3. The molecule has 0 aliphatic carbocycles. The molecule has 0 spiro atoms. The van der Waals surface area contributed by atoms with E-state index in [9.17, 15) is 0 Å². The summed E-state index contributed by atoms with van der Waals surface area (Å²) >= 11 is 0. The molecule has 460 valence electrons. The number of furan rings is 1. The van der Waals surface area contributed by atoms with Crippen LogP contribution in [0.1, 0.15) is 148 Å². The number of rotatable bonds is 8. The molecule has 1 aliphatic heterocycles. The van der Waals surface area contributed by atoms with Crippen LogP contribution in [0.25, 0.3) is 82.9 Å². The van der Waals surface area contributed by atoms with E-state index in [0.717, 1.165) is 77.9 Å². The molecule has 4 heterocycles. The van der Waals surface area contributed by atoms with E-state index in [1.54, 1.807) is 0 Å². The Morgan fingerprint density at radius 1 is 0.456 bits per heavy atom. The predicted molar refractivity (Wildman–Crippen MR) is 376 cm³/mol. The van der Waals surface area contributed by atoms with Gasteiger partial charge in [0, 0.05) is 83.2 Å². The minimum absolute atomic E-state index is 0. The molecule has 13 rings (SSSR count). The number of ether oxygens (including phenoxy) is 1. The maximum Gasteiger partial charge on any atom is 0.135 e. The van der Waals surface area contributed by atoms with Crippen LogP contribution >= 0.6 is 0 Å². The van der Waals surface area contributed by atoms with Crippen molar-refractivity contribution in [2.45, 2.75) is 152 Å². The molecule has 12 aromatic rings. The van der Waals surface area contributed by atoms with Crippen molar-refractivity contribution in [3.63, 3.8) is 0 Å². The van der Waals surface area contributed by atoms with Crippen molar-refractivity contribution >= 4 is 66.5 Å². The first-order valence-corrected chi connectivity index (χ1v) is 31.6. The van der Waals surface area contributed by atoms with Crippen molar-refractivity contribution < 1.29 is 30.2 Å². The van der Waals surface area contributed by atoms with E-state index in [-0.39, 0.29) is 48.1 Å². The van der Waals surface area contributed by atoms with Gasteiger partial charge in [-0.25, -0.2) is 4.98 Å². The van der Waals surface area contributed by atoms with Gasteiger partial charge in [0.1, 0.15) is 17.0 Å². The SMILES string of the molecule is Cc1c(C)c(-c2ccc(C(C)(C)C)cc2)c(N2[CH-]N(c3[c-]c(Oc4[c-]c5c(cc4)c4c6oc7ccccc7c6ccc4n5-c4cc(C(C)(C)C)ccn4)cc(-c4c(C(C)(C)C)cccc4C(C)(C)C)c3)c3ccccc32)c(-c2ccc(C(C)(C)C)cc2)c1C.[Pt]. The Labute approximate surface area is 548 Å². The second-order valence-electron chi connectivity index (χ2n) is 29.9. The van der Waals surface area contributed by atoms with Crippen molar-refractivity contribution in [1.82, 2.24) is 9.55 Å². The van der Waals surface area contributed by atoms with Gasteiger partial charge >= 0.3 is 0 Å². The molecule has 0 unspecified atom stereocenters. The van der Waals surface area contributed by atoms with Crippen molar-refractivity contribution in [1.29, 1.82) is 0 Å². The molecule has 0 saturated carbocycles. The average molecular weight is 1360 g/mol. The number of anilines is 4. The van der Waals surface area contributed by atoms with Crippen LogP contribution in [0.5, 0.6) is 11.5 Å². The normalized spacial score (nSPS) is 13.3. The van der Waals surface area contributed by atoms with Crippen molar-refractivity contribution in [3.8, 4) is 50.7 Å². The van der Waals surface area contributed by atoms with E-state index < -0.39 is 0 Å². The van der Waals surface area contributed by atoms with E-state index in [1.807, 2.05) is 24.4 Å². The van der Waals surface area contributed by atoms with Gasteiger partial charge in [0.25, 0.3) is 0 Å². The first-order valence-electron chi connectivity index (χ1n) is 31.6. The summed E-state index contributed by atoms with van der Waals surface area (Å²) in [6, 6.07) is 67.7. The third-order valence-corrected chi connectivity index (χ3v) is 18.6. The molecule has 3 aromatic heterocycles. The largest absolute Gasteiger partial charge is 0.509 e.